The molecule has 90 valence electrons. The molecule has 0 radical (unpaired) electrons. The molecule has 0 fully saturated rings. The third-order valence-electron chi connectivity index (χ3n) is 1.19. The van der Waals surface area contributed by atoms with E-state index in [2.05, 4.69) is 4.98 Å². The molecular formula is C8H10ClNO6. The Labute approximate surface area is 93.7 Å². The molecule has 0 aliphatic heterocycles. The first-order valence-corrected chi connectivity index (χ1v) is 5.21. The van der Waals surface area contributed by atoms with Gasteiger partial charge in [-0.25, -0.2) is 0 Å². The molecule has 1 aromatic heterocycles. The van der Waals surface area contributed by atoms with Crippen LogP contribution in [0.4, 0.5) is 0 Å². The predicted octanol–water partition coefficient (Wildman–Crippen LogP) is -2.98. The summed E-state index contributed by atoms with van der Waals surface area (Å²) in [6, 6.07) is 3.62. The summed E-state index contributed by atoms with van der Waals surface area (Å²) in [4.78, 5) is 14.2. The van der Waals surface area contributed by atoms with E-state index in [9.17, 15) is 4.79 Å². The number of aromatic nitrogens is 1. The van der Waals surface area contributed by atoms with Gasteiger partial charge in [-0.3, -0.25) is 9.78 Å². The number of rotatable bonds is 2. The summed E-state index contributed by atoms with van der Waals surface area (Å²) in [7, 11) is -4.69. The van der Waals surface area contributed by atoms with Gasteiger partial charge in [0.15, 0.2) is 0 Å². The first-order chi connectivity index (χ1) is 7.29. The van der Waals surface area contributed by atoms with E-state index in [1.807, 2.05) is 12.1 Å². The molecule has 16 heavy (non-hydrogen) atoms. The van der Waals surface area contributed by atoms with Crippen molar-refractivity contribution in [3.8, 4) is 0 Å². The van der Waals surface area contributed by atoms with Crippen LogP contribution in [0, 0.1) is 10.2 Å². The number of hydrogen-bond acceptors (Lipinski definition) is 7. The van der Waals surface area contributed by atoms with E-state index in [0.29, 0.717) is 6.61 Å². The number of ether oxygens (including phenoxy) is 1. The molecule has 0 spiro atoms. The van der Waals surface area contributed by atoms with Crippen LogP contribution in [0.1, 0.15) is 12.5 Å². The monoisotopic (exact) mass is 251 g/mol. The third kappa shape index (κ3) is 12.8. The van der Waals surface area contributed by atoms with Crippen molar-refractivity contribution in [3.63, 3.8) is 0 Å². The van der Waals surface area contributed by atoms with Crippen molar-refractivity contribution in [2.24, 2.45) is 0 Å². The quantitative estimate of drug-likeness (QED) is 0.555. The highest BCUT2D eigenvalue weighted by Crippen LogP contribution is 1.97. The van der Waals surface area contributed by atoms with Crippen molar-refractivity contribution in [2.75, 3.05) is 0 Å². The van der Waals surface area contributed by atoms with Crippen LogP contribution in [-0.4, -0.2) is 15.6 Å². The summed E-state index contributed by atoms with van der Waals surface area (Å²) in [6.07, 6.45) is 3.33. The molecule has 0 atom stereocenters. The van der Waals surface area contributed by atoms with Crippen molar-refractivity contribution in [1.82, 2.24) is 4.98 Å². The normalized spacial score (nSPS) is 10.1. The Kier molecular flexibility index (Phi) is 6.54. The summed E-state index contributed by atoms with van der Waals surface area (Å²) < 4.78 is 37.5. The van der Waals surface area contributed by atoms with Gasteiger partial charge in [-0.2, -0.15) is 14.0 Å². The second-order valence-electron chi connectivity index (χ2n) is 2.53. The van der Waals surface area contributed by atoms with Gasteiger partial charge in [0.05, 0.1) is 14.9 Å². The van der Waals surface area contributed by atoms with Crippen molar-refractivity contribution >= 4 is 5.97 Å². The molecule has 0 unspecified atom stereocenters. The molecule has 0 saturated carbocycles. The molecule has 8 heteroatoms. The van der Waals surface area contributed by atoms with Crippen LogP contribution in [0.25, 0.3) is 0 Å². The largest absolute Gasteiger partial charge is 0.461 e. The molecule has 0 aliphatic rings. The number of halogens is 1. The van der Waals surface area contributed by atoms with Crippen LogP contribution in [0.15, 0.2) is 24.5 Å². The Morgan fingerprint density at radius 2 is 1.88 bits per heavy atom. The van der Waals surface area contributed by atoms with Crippen molar-refractivity contribution in [2.45, 2.75) is 13.5 Å². The average molecular weight is 252 g/mol. The first kappa shape index (κ1) is 14.8. The number of nitrogens with zero attached hydrogens (tertiary/aromatic N) is 1. The Hall–Kier alpha value is -1.25. The average Bonchev–Trinajstić information content (AvgIpc) is 2.14. The highest BCUT2D eigenvalue weighted by molar-refractivity contribution is 5.65. The summed E-state index contributed by atoms with van der Waals surface area (Å²) in [5.74, 6) is -0.262. The molecule has 1 aromatic rings. The fourth-order valence-corrected chi connectivity index (χ4v) is 0.664. The van der Waals surface area contributed by atoms with Gasteiger partial charge in [0.25, 0.3) is 0 Å². The predicted molar refractivity (Wildman–Crippen MR) is 41.9 cm³/mol. The van der Waals surface area contributed by atoms with Crippen LogP contribution in [-0.2, 0) is 16.1 Å². The minimum atomic E-state index is -4.69. The maximum atomic E-state index is 10.4. The van der Waals surface area contributed by atoms with Crippen molar-refractivity contribution in [3.05, 3.63) is 30.1 Å². The van der Waals surface area contributed by atoms with Gasteiger partial charge in [-0.15, -0.1) is 0 Å². The van der Waals surface area contributed by atoms with Crippen LogP contribution >= 0.6 is 0 Å². The topological polar surface area (TPSA) is 129 Å². The zero-order valence-electron chi connectivity index (χ0n) is 8.33. The lowest BCUT2D eigenvalue weighted by molar-refractivity contribution is -1.92. The lowest BCUT2D eigenvalue weighted by Crippen LogP contribution is -2.58. The maximum absolute atomic E-state index is 10.4. The Balaban J connectivity index is 0.000000385. The molecule has 0 saturated heterocycles. The zero-order valence-corrected chi connectivity index (χ0v) is 9.09. The highest BCUT2D eigenvalue weighted by Gasteiger charge is 1.98. The van der Waals surface area contributed by atoms with Crippen molar-refractivity contribution < 1.29 is 38.4 Å². The van der Waals surface area contributed by atoms with Crippen LogP contribution in [0.3, 0.4) is 0 Å². The van der Waals surface area contributed by atoms with Gasteiger partial charge in [0, 0.05) is 19.3 Å². The van der Waals surface area contributed by atoms with Crippen molar-refractivity contribution in [1.29, 1.82) is 0 Å². The number of carbonyl (C=O) groups is 1. The number of esters is 1. The third-order valence-corrected chi connectivity index (χ3v) is 1.19. The van der Waals surface area contributed by atoms with Crippen LogP contribution in [0.5, 0.6) is 0 Å². The van der Waals surface area contributed by atoms with Gasteiger partial charge < -0.3 is 4.74 Å². The van der Waals surface area contributed by atoms with Gasteiger partial charge >= 0.3 is 5.97 Å². The van der Waals surface area contributed by atoms with Gasteiger partial charge in [0.1, 0.15) is 6.61 Å². The van der Waals surface area contributed by atoms with E-state index < -0.39 is 10.2 Å². The second-order valence-corrected chi connectivity index (χ2v) is 3.32. The first-order valence-electron chi connectivity index (χ1n) is 3.94. The Morgan fingerprint density at radius 3 is 2.25 bits per heavy atom. The highest BCUT2D eigenvalue weighted by atomic mass is 35.7. The van der Waals surface area contributed by atoms with E-state index in [1.54, 1.807) is 12.4 Å². The number of pyridine rings is 1. The van der Waals surface area contributed by atoms with E-state index in [-0.39, 0.29) is 5.97 Å². The zero-order chi connectivity index (χ0) is 12.6. The summed E-state index contributed by atoms with van der Waals surface area (Å²) >= 11 is 0. The smallest absolute Gasteiger partial charge is 0.302 e. The molecule has 0 aliphatic carbocycles. The molecule has 7 nitrogen and oxygen atoms in total. The SMILES string of the molecule is CC(=O)OCc1ccncc1.[O-][Cl+3]([O-])([O-])O. The second kappa shape index (κ2) is 7.09. The van der Waals surface area contributed by atoms with E-state index >= 15 is 0 Å². The van der Waals surface area contributed by atoms with Gasteiger partial charge in [-0.1, -0.05) is 0 Å². The summed E-state index contributed by atoms with van der Waals surface area (Å²) in [6.45, 7) is 1.72. The summed E-state index contributed by atoms with van der Waals surface area (Å²) in [5.41, 5.74) is 0.954. The number of carbonyl (C=O) groups excluding carboxylic acids is 1. The maximum Gasteiger partial charge on any atom is 0.302 e. The standard InChI is InChI=1S/C8H9NO2.ClHO4/c1-7(10)11-6-8-2-4-9-5-3-8;2-1(3,4)5/h2-5H,6H2,1H3;(H,2,3,4,5). The van der Waals surface area contributed by atoms with Gasteiger partial charge in [0.2, 0.25) is 0 Å². The molecule has 1 rings (SSSR count). The fourth-order valence-electron chi connectivity index (χ4n) is 0.664. The number of hydrogen-bond donors (Lipinski definition) is 1. The molecule has 1 heterocycles. The fraction of sp³-hybridized carbons (Fsp3) is 0.250. The van der Waals surface area contributed by atoms with E-state index in [1.165, 1.54) is 6.92 Å². The molecule has 0 aromatic carbocycles. The Bertz CT molecular complexity index is 306. The molecule has 1 N–H and O–H groups in total. The Morgan fingerprint density at radius 1 is 1.44 bits per heavy atom. The molecule has 0 bridgehead atoms. The molecule has 0 amide bonds. The van der Waals surface area contributed by atoms with E-state index in [0.717, 1.165) is 5.56 Å². The van der Waals surface area contributed by atoms with Crippen LogP contribution in [0.2, 0.25) is 0 Å². The summed E-state index contributed by atoms with van der Waals surface area (Å²) in [5, 5.41) is 0. The lowest BCUT2D eigenvalue weighted by Gasteiger charge is -2.03. The minimum Gasteiger partial charge on any atom is -0.461 e. The van der Waals surface area contributed by atoms with Crippen LogP contribution < -0.4 is 14.0 Å². The lowest BCUT2D eigenvalue weighted by atomic mass is 10.3. The minimum absolute atomic E-state index is 0.262. The van der Waals surface area contributed by atoms with Gasteiger partial charge in [-0.05, 0) is 17.7 Å². The molecular weight excluding hydrogens is 242 g/mol. The van der Waals surface area contributed by atoms with E-state index in [4.69, 9.17) is 23.4 Å².